The number of hydrogen-bond donors (Lipinski definition) is 0. The second kappa shape index (κ2) is 7.28. The van der Waals surface area contributed by atoms with Crippen LogP contribution in [-0.2, 0) is 9.53 Å². The summed E-state index contributed by atoms with van der Waals surface area (Å²) in [5.41, 5.74) is 1.64. The highest BCUT2D eigenvalue weighted by Gasteiger charge is 2.16. The van der Waals surface area contributed by atoms with Crippen LogP contribution >= 0.6 is 15.9 Å². The predicted octanol–water partition coefficient (Wildman–Crippen LogP) is 2.78. The monoisotopic (exact) mass is 327 g/mol. The lowest BCUT2D eigenvalue weighted by Crippen LogP contribution is -2.33. The van der Waals surface area contributed by atoms with E-state index in [0.29, 0.717) is 18.7 Å². The van der Waals surface area contributed by atoms with E-state index in [9.17, 15) is 9.59 Å². The van der Waals surface area contributed by atoms with E-state index in [1.165, 1.54) is 7.11 Å². The molecule has 0 bridgehead atoms. The van der Waals surface area contributed by atoms with Gasteiger partial charge in [0.2, 0.25) is 0 Å². The Morgan fingerprint density at radius 1 is 1.32 bits per heavy atom. The molecule has 0 fully saturated rings. The van der Waals surface area contributed by atoms with Crippen LogP contribution in [0.4, 0.5) is 0 Å². The van der Waals surface area contributed by atoms with Crippen LogP contribution in [-0.4, -0.2) is 37.0 Å². The lowest BCUT2D eigenvalue weighted by atomic mass is 10.1. The molecule has 1 aromatic carbocycles. The molecule has 0 unspecified atom stereocenters. The number of rotatable bonds is 5. The molecular formula is C14H18BrNO3. The summed E-state index contributed by atoms with van der Waals surface area (Å²) >= 11 is 3.38. The van der Waals surface area contributed by atoms with Gasteiger partial charge in [-0.25, -0.2) is 0 Å². The molecule has 104 valence electrons. The fourth-order valence-corrected chi connectivity index (χ4v) is 2.38. The van der Waals surface area contributed by atoms with E-state index in [-0.39, 0.29) is 18.3 Å². The topological polar surface area (TPSA) is 46.6 Å². The van der Waals surface area contributed by atoms with Crippen molar-refractivity contribution in [3.05, 3.63) is 33.8 Å². The van der Waals surface area contributed by atoms with Gasteiger partial charge in [-0.05, 0) is 37.6 Å². The van der Waals surface area contributed by atoms with Gasteiger partial charge in [0.05, 0.1) is 13.5 Å². The maximum Gasteiger partial charge on any atom is 0.307 e. The van der Waals surface area contributed by atoms with Crippen molar-refractivity contribution in [1.82, 2.24) is 4.90 Å². The van der Waals surface area contributed by atoms with E-state index < -0.39 is 0 Å². The number of nitrogens with zero attached hydrogens (tertiary/aromatic N) is 1. The van der Waals surface area contributed by atoms with E-state index in [0.717, 1.165) is 10.0 Å². The Morgan fingerprint density at radius 2 is 2.00 bits per heavy atom. The summed E-state index contributed by atoms with van der Waals surface area (Å²) in [6.07, 6.45) is 0.211. The first kappa shape index (κ1) is 15.7. The molecule has 1 amide bonds. The summed E-state index contributed by atoms with van der Waals surface area (Å²) in [6, 6.07) is 5.57. The molecular weight excluding hydrogens is 310 g/mol. The molecule has 1 aromatic rings. The maximum atomic E-state index is 12.3. The van der Waals surface area contributed by atoms with Crippen molar-refractivity contribution in [3.63, 3.8) is 0 Å². The minimum atomic E-state index is -0.309. The average Bonchev–Trinajstić information content (AvgIpc) is 2.37. The van der Waals surface area contributed by atoms with Gasteiger partial charge in [0, 0.05) is 23.1 Å². The van der Waals surface area contributed by atoms with Crippen molar-refractivity contribution >= 4 is 27.8 Å². The Bertz CT molecular complexity index is 454. The second-order valence-corrected chi connectivity index (χ2v) is 5.14. The average molecular weight is 328 g/mol. The molecule has 0 aromatic heterocycles. The minimum absolute atomic E-state index is 0.0733. The van der Waals surface area contributed by atoms with Crippen molar-refractivity contribution in [2.24, 2.45) is 0 Å². The van der Waals surface area contributed by atoms with Gasteiger partial charge in [0.25, 0.3) is 5.91 Å². The Hall–Kier alpha value is -1.36. The highest BCUT2D eigenvalue weighted by Crippen LogP contribution is 2.17. The van der Waals surface area contributed by atoms with Gasteiger partial charge in [-0.2, -0.15) is 0 Å². The van der Waals surface area contributed by atoms with Crippen LogP contribution in [0.2, 0.25) is 0 Å². The summed E-state index contributed by atoms with van der Waals surface area (Å²) in [6.45, 7) is 4.75. The first-order chi connectivity index (χ1) is 8.97. The Morgan fingerprint density at radius 3 is 2.53 bits per heavy atom. The molecule has 0 saturated carbocycles. The van der Waals surface area contributed by atoms with Gasteiger partial charge in [-0.15, -0.1) is 0 Å². The van der Waals surface area contributed by atoms with Crippen LogP contribution in [0.25, 0.3) is 0 Å². The number of halogens is 1. The van der Waals surface area contributed by atoms with Gasteiger partial charge in [0.15, 0.2) is 0 Å². The summed E-state index contributed by atoms with van der Waals surface area (Å²) < 4.78 is 5.46. The number of carbonyl (C=O) groups is 2. The smallest absolute Gasteiger partial charge is 0.307 e. The fourth-order valence-electron chi connectivity index (χ4n) is 1.77. The molecule has 0 atom stereocenters. The molecule has 0 saturated heterocycles. The van der Waals surface area contributed by atoms with Crippen LogP contribution in [0.15, 0.2) is 22.7 Å². The number of hydrogen-bond acceptors (Lipinski definition) is 3. The number of carbonyl (C=O) groups excluding carboxylic acids is 2. The quantitative estimate of drug-likeness (QED) is 0.781. The van der Waals surface area contributed by atoms with E-state index in [2.05, 4.69) is 20.7 Å². The Kier molecular flexibility index (Phi) is 6.02. The van der Waals surface area contributed by atoms with Gasteiger partial charge < -0.3 is 9.64 Å². The van der Waals surface area contributed by atoms with Crippen molar-refractivity contribution in [2.45, 2.75) is 20.3 Å². The predicted molar refractivity (Wildman–Crippen MR) is 77.1 cm³/mol. The summed E-state index contributed by atoms with van der Waals surface area (Å²) in [4.78, 5) is 25.1. The molecule has 0 N–H and O–H groups in total. The zero-order chi connectivity index (χ0) is 14.4. The highest BCUT2D eigenvalue weighted by molar-refractivity contribution is 9.10. The lowest BCUT2D eigenvalue weighted by molar-refractivity contribution is -0.140. The van der Waals surface area contributed by atoms with E-state index in [1.54, 1.807) is 11.0 Å². The van der Waals surface area contributed by atoms with Crippen LogP contribution in [0.5, 0.6) is 0 Å². The molecule has 0 aliphatic heterocycles. The van der Waals surface area contributed by atoms with Crippen molar-refractivity contribution < 1.29 is 14.3 Å². The normalized spacial score (nSPS) is 10.1. The van der Waals surface area contributed by atoms with E-state index >= 15 is 0 Å². The van der Waals surface area contributed by atoms with E-state index in [4.69, 9.17) is 0 Å². The lowest BCUT2D eigenvalue weighted by Gasteiger charge is -2.20. The van der Waals surface area contributed by atoms with Crippen molar-refractivity contribution in [2.75, 3.05) is 20.2 Å². The molecule has 4 nitrogen and oxygen atoms in total. The minimum Gasteiger partial charge on any atom is -0.469 e. The largest absolute Gasteiger partial charge is 0.469 e. The number of esters is 1. The van der Waals surface area contributed by atoms with Gasteiger partial charge in [-0.3, -0.25) is 9.59 Å². The number of benzene rings is 1. The fraction of sp³-hybridized carbons (Fsp3) is 0.429. The van der Waals surface area contributed by atoms with Crippen LogP contribution in [0.3, 0.4) is 0 Å². The molecule has 5 heteroatoms. The SMILES string of the molecule is CCN(CCC(=O)OC)C(=O)c1cc(C)cc(Br)c1. The summed E-state index contributed by atoms with van der Waals surface area (Å²) in [7, 11) is 1.35. The summed E-state index contributed by atoms with van der Waals surface area (Å²) in [5.74, 6) is -0.382. The zero-order valence-corrected chi connectivity index (χ0v) is 13.0. The third kappa shape index (κ3) is 4.67. The molecule has 1 rings (SSSR count). The van der Waals surface area contributed by atoms with Crippen LogP contribution < -0.4 is 0 Å². The third-order valence-corrected chi connectivity index (χ3v) is 3.23. The first-order valence-electron chi connectivity index (χ1n) is 6.11. The van der Waals surface area contributed by atoms with Crippen LogP contribution in [0, 0.1) is 6.92 Å². The van der Waals surface area contributed by atoms with Crippen molar-refractivity contribution in [3.8, 4) is 0 Å². The standard InChI is InChI=1S/C14H18BrNO3/c1-4-16(6-5-13(17)19-3)14(18)11-7-10(2)8-12(15)9-11/h7-9H,4-6H2,1-3H3. The van der Waals surface area contributed by atoms with E-state index in [1.807, 2.05) is 26.0 Å². The summed E-state index contributed by atoms with van der Waals surface area (Å²) in [5, 5.41) is 0. The number of amides is 1. The van der Waals surface area contributed by atoms with Gasteiger partial charge in [0.1, 0.15) is 0 Å². The van der Waals surface area contributed by atoms with Gasteiger partial charge >= 0.3 is 5.97 Å². The number of ether oxygens (including phenoxy) is 1. The molecule has 0 radical (unpaired) electrons. The van der Waals surface area contributed by atoms with Crippen LogP contribution in [0.1, 0.15) is 29.3 Å². The molecule has 0 spiro atoms. The molecule has 0 heterocycles. The van der Waals surface area contributed by atoms with Gasteiger partial charge in [-0.1, -0.05) is 15.9 Å². The third-order valence-electron chi connectivity index (χ3n) is 2.77. The maximum absolute atomic E-state index is 12.3. The molecule has 0 aliphatic carbocycles. The van der Waals surface area contributed by atoms with Crippen molar-refractivity contribution in [1.29, 1.82) is 0 Å². The Labute approximate surface area is 121 Å². The highest BCUT2D eigenvalue weighted by atomic mass is 79.9. The molecule has 0 aliphatic rings. The number of aryl methyl sites for hydroxylation is 1. The molecule has 19 heavy (non-hydrogen) atoms. The number of methoxy groups -OCH3 is 1. The first-order valence-corrected chi connectivity index (χ1v) is 6.90. The zero-order valence-electron chi connectivity index (χ0n) is 11.4. The Balaban J connectivity index is 2.80. The second-order valence-electron chi connectivity index (χ2n) is 4.23.